The first-order valence-electron chi connectivity index (χ1n) is 7.58. The highest BCUT2D eigenvalue weighted by molar-refractivity contribution is 7.99. The number of hydrogen-bond donors (Lipinski definition) is 1. The highest BCUT2D eigenvalue weighted by Crippen LogP contribution is 2.27. The van der Waals surface area contributed by atoms with E-state index in [2.05, 4.69) is 10.3 Å². The number of amides is 1. The summed E-state index contributed by atoms with van der Waals surface area (Å²) in [6.45, 7) is 3.23. The van der Waals surface area contributed by atoms with Crippen molar-refractivity contribution in [2.75, 3.05) is 12.3 Å². The smallest absolute Gasteiger partial charge is 0.262 e. The van der Waals surface area contributed by atoms with Crippen molar-refractivity contribution in [3.05, 3.63) is 34.6 Å². The van der Waals surface area contributed by atoms with Crippen LogP contribution in [0.15, 0.2) is 34.2 Å². The van der Waals surface area contributed by atoms with E-state index >= 15 is 0 Å². The van der Waals surface area contributed by atoms with Crippen LogP contribution in [0.3, 0.4) is 0 Å². The van der Waals surface area contributed by atoms with E-state index in [1.807, 2.05) is 25.1 Å². The molecule has 1 fully saturated rings. The second-order valence-corrected chi connectivity index (χ2v) is 6.44. The number of carbonyl (C=O) groups is 1. The molecule has 0 spiro atoms. The number of para-hydroxylation sites is 1. The van der Waals surface area contributed by atoms with Crippen molar-refractivity contribution in [2.45, 2.75) is 31.5 Å². The van der Waals surface area contributed by atoms with E-state index in [0.717, 1.165) is 6.54 Å². The Balaban J connectivity index is 1.77. The van der Waals surface area contributed by atoms with Crippen LogP contribution in [-0.2, 0) is 11.3 Å². The summed E-state index contributed by atoms with van der Waals surface area (Å²) in [6.07, 6.45) is 2.43. The zero-order valence-corrected chi connectivity index (χ0v) is 13.4. The van der Waals surface area contributed by atoms with Gasteiger partial charge < -0.3 is 5.32 Å². The van der Waals surface area contributed by atoms with Gasteiger partial charge in [-0.25, -0.2) is 4.98 Å². The molecule has 1 aromatic heterocycles. The van der Waals surface area contributed by atoms with Gasteiger partial charge in [0.05, 0.1) is 16.7 Å². The fourth-order valence-corrected chi connectivity index (χ4v) is 3.19. The van der Waals surface area contributed by atoms with E-state index in [4.69, 9.17) is 0 Å². The third kappa shape index (κ3) is 3.32. The van der Waals surface area contributed by atoms with Gasteiger partial charge in [0, 0.05) is 13.1 Å². The summed E-state index contributed by atoms with van der Waals surface area (Å²) in [6, 6.07) is 7.31. The lowest BCUT2D eigenvalue weighted by Crippen LogP contribution is -2.28. The number of nitrogens with zero attached hydrogens (tertiary/aromatic N) is 2. The van der Waals surface area contributed by atoms with Crippen molar-refractivity contribution in [3.8, 4) is 0 Å². The molecular formula is C16H19N3O2S. The predicted molar refractivity (Wildman–Crippen MR) is 88.1 cm³/mol. The van der Waals surface area contributed by atoms with Gasteiger partial charge in [-0.1, -0.05) is 23.9 Å². The lowest BCUT2D eigenvalue weighted by molar-refractivity contribution is -0.118. The first kappa shape index (κ1) is 15.1. The topological polar surface area (TPSA) is 64.0 Å². The second kappa shape index (κ2) is 6.52. The van der Waals surface area contributed by atoms with Gasteiger partial charge in [-0.05, 0) is 37.8 Å². The summed E-state index contributed by atoms with van der Waals surface area (Å²) < 4.78 is 1.63. The van der Waals surface area contributed by atoms with E-state index in [-0.39, 0.29) is 17.2 Å². The fourth-order valence-electron chi connectivity index (χ4n) is 2.30. The van der Waals surface area contributed by atoms with Crippen molar-refractivity contribution in [2.24, 2.45) is 5.92 Å². The summed E-state index contributed by atoms with van der Waals surface area (Å²) in [5.41, 5.74) is 0.632. The molecule has 116 valence electrons. The molecule has 0 atom stereocenters. The lowest BCUT2D eigenvalue weighted by atomic mass is 10.2. The molecule has 1 amide bonds. The molecule has 1 heterocycles. The van der Waals surface area contributed by atoms with Crippen molar-refractivity contribution < 1.29 is 4.79 Å². The fraction of sp³-hybridized carbons (Fsp3) is 0.438. The number of thioether (sulfide) groups is 1. The molecule has 0 aliphatic heterocycles. The Labute approximate surface area is 133 Å². The minimum atomic E-state index is -0.0472. The largest absolute Gasteiger partial charge is 0.355 e. The SMILES string of the molecule is CCn1c(SCC(=O)NCC2CC2)nc2ccccc2c1=O. The van der Waals surface area contributed by atoms with Gasteiger partial charge in [-0.3, -0.25) is 14.2 Å². The zero-order valence-electron chi connectivity index (χ0n) is 12.5. The van der Waals surface area contributed by atoms with Crippen LogP contribution in [0.1, 0.15) is 19.8 Å². The molecular weight excluding hydrogens is 298 g/mol. The maximum Gasteiger partial charge on any atom is 0.262 e. The van der Waals surface area contributed by atoms with E-state index < -0.39 is 0 Å². The van der Waals surface area contributed by atoms with Crippen LogP contribution in [0.2, 0.25) is 0 Å². The van der Waals surface area contributed by atoms with Gasteiger partial charge in [0.1, 0.15) is 0 Å². The van der Waals surface area contributed by atoms with Crippen LogP contribution in [0.4, 0.5) is 0 Å². The zero-order chi connectivity index (χ0) is 15.5. The van der Waals surface area contributed by atoms with Crippen molar-refractivity contribution in [3.63, 3.8) is 0 Å². The molecule has 1 N–H and O–H groups in total. The van der Waals surface area contributed by atoms with Crippen molar-refractivity contribution in [1.82, 2.24) is 14.9 Å². The number of fused-ring (bicyclic) bond motifs is 1. The monoisotopic (exact) mass is 317 g/mol. The van der Waals surface area contributed by atoms with Crippen LogP contribution >= 0.6 is 11.8 Å². The highest BCUT2D eigenvalue weighted by Gasteiger charge is 2.21. The Hall–Kier alpha value is -1.82. The summed E-state index contributed by atoms with van der Waals surface area (Å²) in [7, 11) is 0. The maximum absolute atomic E-state index is 12.5. The Morgan fingerprint density at radius 3 is 2.91 bits per heavy atom. The molecule has 5 nitrogen and oxygen atoms in total. The van der Waals surface area contributed by atoms with E-state index in [9.17, 15) is 9.59 Å². The normalized spacial score (nSPS) is 14.2. The molecule has 1 saturated carbocycles. The molecule has 22 heavy (non-hydrogen) atoms. The average molecular weight is 317 g/mol. The van der Waals surface area contributed by atoms with E-state index in [0.29, 0.717) is 28.5 Å². The second-order valence-electron chi connectivity index (χ2n) is 5.50. The van der Waals surface area contributed by atoms with Crippen LogP contribution in [0, 0.1) is 5.92 Å². The number of carbonyl (C=O) groups excluding carboxylic acids is 1. The summed E-state index contributed by atoms with van der Waals surface area (Å²) >= 11 is 1.32. The molecule has 3 rings (SSSR count). The third-order valence-corrected chi connectivity index (χ3v) is 4.74. The minimum absolute atomic E-state index is 0.00182. The number of nitrogens with one attached hydrogen (secondary N) is 1. The Bertz CT molecular complexity index is 753. The predicted octanol–water partition coefficient (Wildman–Crippen LogP) is 2.03. The third-order valence-electron chi connectivity index (χ3n) is 3.76. The number of rotatable bonds is 6. The first-order chi connectivity index (χ1) is 10.7. The van der Waals surface area contributed by atoms with Gasteiger partial charge >= 0.3 is 0 Å². The van der Waals surface area contributed by atoms with Crippen LogP contribution < -0.4 is 10.9 Å². The van der Waals surface area contributed by atoms with E-state index in [1.165, 1.54) is 24.6 Å². The summed E-state index contributed by atoms with van der Waals surface area (Å²) in [5.74, 6) is 0.959. The molecule has 0 unspecified atom stereocenters. The highest BCUT2D eigenvalue weighted by atomic mass is 32.2. The van der Waals surface area contributed by atoms with Crippen LogP contribution in [0.25, 0.3) is 10.9 Å². The van der Waals surface area contributed by atoms with Crippen molar-refractivity contribution in [1.29, 1.82) is 0 Å². The molecule has 0 bridgehead atoms. The van der Waals surface area contributed by atoms with E-state index in [1.54, 1.807) is 10.6 Å². The molecule has 6 heteroatoms. The average Bonchev–Trinajstić information content (AvgIpc) is 3.35. The van der Waals surface area contributed by atoms with Gasteiger partial charge in [-0.2, -0.15) is 0 Å². The Kier molecular flexibility index (Phi) is 4.47. The standard InChI is InChI=1S/C16H19N3O2S/c1-2-19-15(21)12-5-3-4-6-13(12)18-16(19)22-10-14(20)17-9-11-7-8-11/h3-6,11H,2,7-10H2,1H3,(H,17,20). The lowest BCUT2D eigenvalue weighted by Gasteiger charge is -2.11. The first-order valence-corrected chi connectivity index (χ1v) is 8.56. The molecule has 0 radical (unpaired) electrons. The molecule has 0 saturated heterocycles. The number of benzene rings is 1. The molecule has 1 aliphatic rings. The van der Waals surface area contributed by atoms with Gasteiger partial charge in [-0.15, -0.1) is 0 Å². The minimum Gasteiger partial charge on any atom is -0.355 e. The van der Waals surface area contributed by atoms with Gasteiger partial charge in [0.25, 0.3) is 5.56 Å². The number of aromatic nitrogens is 2. The quantitative estimate of drug-likeness (QED) is 0.654. The maximum atomic E-state index is 12.5. The van der Waals surface area contributed by atoms with Gasteiger partial charge in [0.15, 0.2) is 5.16 Å². The summed E-state index contributed by atoms with van der Waals surface area (Å²) in [4.78, 5) is 28.8. The molecule has 1 aliphatic carbocycles. The molecule has 2 aromatic rings. The van der Waals surface area contributed by atoms with Crippen molar-refractivity contribution >= 4 is 28.6 Å². The van der Waals surface area contributed by atoms with Crippen LogP contribution in [0.5, 0.6) is 0 Å². The molecule has 1 aromatic carbocycles. The Morgan fingerprint density at radius 1 is 1.41 bits per heavy atom. The van der Waals surface area contributed by atoms with Gasteiger partial charge in [0.2, 0.25) is 5.91 Å². The summed E-state index contributed by atoms with van der Waals surface area (Å²) in [5, 5.41) is 4.15. The Morgan fingerprint density at radius 2 is 2.18 bits per heavy atom. The number of hydrogen-bond acceptors (Lipinski definition) is 4. The van der Waals surface area contributed by atoms with Crippen LogP contribution in [-0.4, -0.2) is 27.8 Å².